The van der Waals surface area contributed by atoms with E-state index < -0.39 is 0 Å². The van der Waals surface area contributed by atoms with Crippen molar-refractivity contribution in [3.8, 4) is 16.9 Å². The number of aryl methyl sites for hydroxylation is 2. The van der Waals surface area contributed by atoms with E-state index in [9.17, 15) is 4.79 Å². The number of nitrogens with zero attached hydrogens (tertiary/aromatic N) is 2. The van der Waals surface area contributed by atoms with Gasteiger partial charge in [-0.2, -0.15) is 0 Å². The fourth-order valence-electron chi connectivity index (χ4n) is 3.66. The van der Waals surface area contributed by atoms with E-state index in [1.807, 2.05) is 57.2 Å². The minimum Gasteiger partial charge on any atom is -0.497 e. The third kappa shape index (κ3) is 3.11. The van der Waals surface area contributed by atoms with Crippen LogP contribution in [-0.4, -0.2) is 24.2 Å². The van der Waals surface area contributed by atoms with Crippen LogP contribution in [0.2, 0.25) is 0 Å². The maximum absolute atomic E-state index is 12.5. The van der Waals surface area contributed by atoms with Crippen LogP contribution in [0.1, 0.15) is 23.9 Å². The Morgan fingerprint density at radius 1 is 1.18 bits per heavy atom. The van der Waals surface area contributed by atoms with Gasteiger partial charge in [0.05, 0.1) is 24.2 Å². The largest absolute Gasteiger partial charge is 0.497 e. The first-order valence-corrected chi connectivity index (χ1v) is 9.25. The van der Waals surface area contributed by atoms with Crippen molar-refractivity contribution in [3.05, 3.63) is 59.5 Å². The van der Waals surface area contributed by atoms with Crippen LogP contribution in [0, 0.1) is 13.8 Å². The molecule has 0 radical (unpaired) electrons. The summed E-state index contributed by atoms with van der Waals surface area (Å²) in [5, 5.41) is 7.07. The molecule has 28 heavy (non-hydrogen) atoms. The molecule has 3 aromatic rings. The molecule has 0 fully saturated rings. The number of carbonyl (C=O) groups excluding carboxylic acids is 1. The number of aromatic nitrogens is 1. The molecule has 0 bridgehead atoms. The van der Waals surface area contributed by atoms with Gasteiger partial charge in [0.1, 0.15) is 17.6 Å². The van der Waals surface area contributed by atoms with E-state index in [0.717, 1.165) is 45.3 Å². The topological polar surface area (TPSA) is 67.6 Å². The Hall–Kier alpha value is -3.28. The lowest BCUT2D eigenvalue weighted by Crippen LogP contribution is -2.45. The van der Waals surface area contributed by atoms with Gasteiger partial charge in [-0.3, -0.25) is 4.79 Å². The van der Waals surface area contributed by atoms with Crippen molar-refractivity contribution in [2.75, 3.05) is 17.3 Å². The smallest absolute Gasteiger partial charge is 0.246 e. The summed E-state index contributed by atoms with van der Waals surface area (Å²) in [6.07, 6.45) is 0. The molecular formula is C22H23N3O3. The van der Waals surface area contributed by atoms with Gasteiger partial charge in [-0.15, -0.1) is 0 Å². The van der Waals surface area contributed by atoms with Gasteiger partial charge in [0.15, 0.2) is 0 Å². The molecule has 6 nitrogen and oxygen atoms in total. The van der Waals surface area contributed by atoms with Crippen molar-refractivity contribution in [2.45, 2.75) is 33.4 Å². The Kier molecular flexibility index (Phi) is 4.55. The minimum absolute atomic E-state index is 0.00824. The maximum atomic E-state index is 12.5. The summed E-state index contributed by atoms with van der Waals surface area (Å²) in [6, 6.07) is 13.7. The summed E-state index contributed by atoms with van der Waals surface area (Å²) in [4.78, 5) is 14.6. The first-order valence-electron chi connectivity index (χ1n) is 9.25. The summed E-state index contributed by atoms with van der Waals surface area (Å²) in [5.41, 5.74) is 5.78. The van der Waals surface area contributed by atoms with Crippen LogP contribution < -0.4 is 15.0 Å². The van der Waals surface area contributed by atoms with Gasteiger partial charge < -0.3 is 19.5 Å². The molecule has 0 spiro atoms. The second-order valence-corrected chi connectivity index (χ2v) is 7.07. The zero-order valence-electron chi connectivity index (χ0n) is 16.4. The number of carbonyl (C=O) groups is 1. The molecule has 1 aromatic heterocycles. The van der Waals surface area contributed by atoms with Crippen LogP contribution in [0.25, 0.3) is 11.1 Å². The van der Waals surface area contributed by atoms with E-state index in [0.29, 0.717) is 6.54 Å². The molecule has 144 valence electrons. The third-order valence-electron chi connectivity index (χ3n) is 5.25. The molecule has 1 aliphatic heterocycles. The van der Waals surface area contributed by atoms with Crippen LogP contribution >= 0.6 is 0 Å². The van der Waals surface area contributed by atoms with E-state index in [1.165, 1.54) is 0 Å². The lowest BCUT2D eigenvalue weighted by molar-refractivity contribution is -0.117. The Labute approximate surface area is 164 Å². The number of amides is 1. The number of hydrogen-bond donors (Lipinski definition) is 1. The fourth-order valence-corrected chi connectivity index (χ4v) is 3.66. The Bertz CT molecular complexity index is 1000. The second-order valence-electron chi connectivity index (χ2n) is 7.07. The average molecular weight is 377 g/mol. The van der Waals surface area contributed by atoms with Crippen molar-refractivity contribution in [1.82, 2.24) is 5.16 Å². The van der Waals surface area contributed by atoms with Crippen molar-refractivity contribution < 1.29 is 14.1 Å². The number of nitrogens with one attached hydrogen (secondary N) is 1. The SMILES string of the molecule is COc1ccc(CN2c3cc(-c4c(C)noc4C)ccc3NC(=O)C2C)cc1. The zero-order chi connectivity index (χ0) is 19.8. The lowest BCUT2D eigenvalue weighted by Gasteiger charge is -2.36. The lowest BCUT2D eigenvalue weighted by atomic mass is 10.00. The number of methoxy groups -OCH3 is 1. The van der Waals surface area contributed by atoms with Gasteiger partial charge in [0.25, 0.3) is 0 Å². The molecule has 1 unspecified atom stereocenters. The normalized spacial score (nSPS) is 15.9. The quantitative estimate of drug-likeness (QED) is 0.734. The fraction of sp³-hybridized carbons (Fsp3) is 0.273. The van der Waals surface area contributed by atoms with Crippen molar-refractivity contribution in [2.24, 2.45) is 0 Å². The van der Waals surface area contributed by atoms with E-state index in [-0.39, 0.29) is 11.9 Å². The highest BCUT2D eigenvalue weighted by molar-refractivity contribution is 6.04. The molecule has 0 saturated heterocycles. The Morgan fingerprint density at radius 2 is 1.93 bits per heavy atom. The number of hydrogen-bond acceptors (Lipinski definition) is 5. The minimum atomic E-state index is -0.283. The van der Waals surface area contributed by atoms with Crippen LogP contribution in [-0.2, 0) is 11.3 Å². The molecule has 1 N–H and O–H groups in total. The van der Waals surface area contributed by atoms with Crippen LogP contribution in [0.5, 0.6) is 5.75 Å². The molecule has 1 atom stereocenters. The first-order chi connectivity index (χ1) is 13.5. The number of rotatable bonds is 4. The highest BCUT2D eigenvalue weighted by Gasteiger charge is 2.30. The predicted octanol–water partition coefficient (Wildman–Crippen LogP) is 4.31. The monoisotopic (exact) mass is 377 g/mol. The molecule has 2 aromatic carbocycles. The Morgan fingerprint density at radius 3 is 2.57 bits per heavy atom. The molecule has 2 heterocycles. The summed E-state index contributed by atoms with van der Waals surface area (Å²) in [5.74, 6) is 1.59. The van der Waals surface area contributed by atoms with Crippen LogP contribution in [0.15, 0.2) is 47.0 Å². The van der Waals surface area contributed by atoms with Gasteiger partial charge in [0, 0.05) is 12.1 Å². The van der Waals surface area contributed by atoms with E-state index >= 15 is 0 Å². The van der Waals surface area contributed by atoms with Gasteiger partial charge in [-0.05, 0) is 56.2 Å². The van der Waals surface area contributed by atoms with E-state index in [1.54, 1.807) is 7.11 Å². The van der Waals surface area contributed by atoms with E-state index in [2.05, 4.69) is 21.4 Å². The molecule has 0 aliphatic carbocycles. The molecular weight excluding hydrogens is 354 g/mol. The van der Waals surface area contributed by atoms with E-state index in [4.69, 9.17) is 9.26 Å². The summed E-state index contributed by atoms with van der Waals surface area (Å²) in [7, 11) is 1.65. The second kappa shape index (κ2) is 7.03. The van der Waals surface area contributed by atoms with Gasteiger partial charge in [0.2, 0.25) is 5.91 Å². The first kappa shape index (κ1) is 18.1. The zero-order valence-corrected chi connectivity index (χ0v) is 16.4. The predicted molar refractivity (Wildman–Crippen MR) is 109 cm³/mol. The number of ether oxygens (including phenoxy) is 1. The van der Waals surface area contributed by atoms with Crippen molar-refractivity contribution in [1.29, 1.82) is 0 Å². The molecule has 6 heteroatoms. The Balaban J connectivity index is 1.75. The van der Waals surface area contributed by atoms with Crippen LogP contribution in [0.3, 0.4) is 0 Å². The average Bonchev–Trinajstić information content (AvgIpc) is 3.04. The highest BCUT2D eigenvalue weighted by atomic mass is 16.5. The maximum Gasteiger partial charge on any atom is 0.246 e. The standard InChI is InChI=1S/C22H23N3O3/c1-13-21(15(3)28-24-13)17-7-10-19-20(11-17)25(14(2)22(26)23-19)12-16-5-8-18(27-4)9-6-16/h5-11,14H,12H2,1-4H3,(H,23,26). The van der Waals surface area contributed by atoms with Crippen LogP contribution in [0.4, 0.5) is 11.4 Å². The number of fused-ring (bicyclic) bond motifs is 1. The number of anilines is 2. The summed E-state index contributed by atoms with van der Waals surface area (Å²) in [6.45, 7) is 6.39. The van der Waals surface area contributed by atoms with Gasteiger partial charge in [-0.1, -0.05) is 23.4 Å². The summed E-state index contributed by atoms with van der Waals surface area (Å²) < 4.78 is 10.6. The molecule has 1 amide bonds. The van der Waals surface area contributed by atoms with Crippen molar-refractivity contribution >= 4 is 17.3 Å². The molecule has 4 rings (SSSR count). The number of benzene rings is 2. The van der Waals surface area contributed by atoms with Gasteiger partial charge >= 0.3 is 0 Å². The molecule has 0 saturated carbocycles. The summed E-state index contributed by atoms with van der Waals surface area (Å²) >= 11 is 0. The molecule has 1 aliphatic rings. The van der Waals surface area contributed by atoms with Crippen molar-refractivity contribution in [3.63, 3.8) is 0 Å². The van der Waals surface area contributed by atoms with Gasteiger partial charge in [-0.25, -0.2) is 0 Å². The third-order valence-corrected chi connectivity index (χ3v) is 5.25. The highest BCUT2D eigenvalue weighted by Crippen LogP contribution is 2.38.